The molecule has 388 valence electrons. The van der Waals surface area contributed by atoms with Gasteiger partial charge in [0.05, 0.1) is 44.1 Å². The molecule has 0 aromatic heterocycles. The van der Waals surface area contributed by atoms with Crippen LogP contribution in [0, 0.1) is 17.8 Å². The predicted molar refractivity (Wildman–Crippen MR) is 283 cm³/mol. The van der Waals surface area contributed by atoms with E-state index in [4.69, 9.17) is 33.7 Å². The Morgan fingerprint density at radius 1 is 0.847 bits per heavy atom. The molecule has 12 heteroatoms. The summed E-state index contributed by atoms with van der Waals surface area (Å²) >= 11 is 0. The molecular formula is C60H78N2O10. The van der Waals surface area contributed by atoms with Crippen molar-refractivity contribution in [1.82, 2.24) is 4.90 Å². The summed E-state index contributed by atoms with van der Waals surface area (Å²) < 4.78 is 33.0. The topological polar surface area (TPSA) is 146 Å². The number of aliphatic hydroxyl groups excluding tert-OH is 2. The Bertz CT molecular complexity index is 2450. The summed E-state index contributed by atoms with van der Waals surface area (Å²) in [4.78, 5) is 34.8. The molecule has 0 radical (unpaired) electrons. The molecule has 0 saturated heterocycles. The van der Waals surface area contributed by atoms with E-state index >= 15 is 4.79 Å². The molecule has 0 unspecified atom stereocenters. The van der Waals surface area contributed by atoms with Crippen molar-refractivity contribution in [3.63, 3.8) is 0 Å². The fourth-order valence-electron chi connectivity index (χ4n) is 11.6. The number of aliphatic hydroxyl groups is 2. The first-order valence-corrected chi connectivity index (χ1v) is 26.7. The van der Waals surface area contributed by atoms with Gasteiger partial charge in [0.2, 0.25) is 5.79 Å². The molecule has 2 aliphatic carbocycles. The van der Waals surface area contributed by atoms with Crippen LogP contribution in [-0.4, -0.2) is 85.7 Å². The number of carbonyl (C=O) groups excluding carboxylic acids is 2. The lowest BCUT2D eigenvalue weighted by Crippen LogP contribution is -2.70. The van der Waals surface area contributed by atoms with Gasteiger partial charge < -0.3 is 38.7 Å². The average Bonchev–Trinajstić information content (AvgIpc) is 3.40. The van der Waals surface area contributed by atoms with Gasteiger partial charge in [0, 0.05) is 31.1 Å². The fourth-order valence-corrected chi connectivity index (χ4v) is 11.6. The van der Waals surface area contributed by atoms with Gasteiger partial charge >= 0.3 is 6.09 Å². The summed E-state index contributed by atoms with van der Waals surface area (Å²) in [6, 6.07) is 24.6. The van der Waals surface area contributed by atoms with Gasteiger partial charge in [-0.2, -0.15) is 0 Å². The van der Waals surface area contributed by atoms with E-state index in [1.807, 2.05) is 41.3 Å². The summed E-state index contributed by atoms with van der Waals surface area (Å²) in [6.07, 6.45) is 20.7. The van der Waals surface area contributed by atoms with Crippen molar-refractivity contribution < 1.29 is 48.3 Å². The van der Waals surface area contributed by atoms with Crippen LogP contribution in [0.1, 0.15) is 143 Å². The maximum Gasteiger partial charge on any atom is 0.410 e. The van der Waals surface area contributed by atoms with Crippen molar-refractivity contribution >= 4 is 28.9 Å². The Morgan fingerprint density at radius 3 is 2.28 bits per heavy atom. The van der Waals surface area contributed by atoms with E-state index in [1.54, 1.807) is 31.4 Å². The Kier molecular flexibility index (Phi) is 20.6. The highest BCUT2D eigenvalue weighted by Gasteiger charge is 2.65. The van der Waals surface area contributed by atoms with E-state index in [0.29, 0.717) is 47.1 Å². The van der Waals surface area contributed by atoms with Crippen LogP contribution < -0.4 is 14.2 Å². The summed E-state index contributed by atoms with van der Waals surface area (Å²) in [5.41, 5.74) is 3.86. The van der Waals surface area contributed by atoms with Crippen LogP contribution in [0.15, 0.2) is 108 Å². The second kappa shape index (κ2) is 27.4. The number of nitrogens with zero attached hydrogens (tertiary/aromatic N) is 2. The van der Waals surface area contributed by atoms with Gasteiger partial charge in [-0.3, -0.25) is 9.69 Å². The molecule has 1 aliphatic heterocycles. The third-order valence-electron chi connectivity index (χ3n) is 15.0. The zero-order chi connectivity index (χ0) is 50.7. The molecule has 4 aromatic rings. The second-order valence-corrected chi connectivity index (χ2v) is 19.6. The number of methoxy groups -OCH3 is 1. The van der Waals surface area contributed by atoms with Crippen LogP contribution in [0.2, 0.25) is 0 Å². The standard InChI is InChI=1S/C60H78N2O10/c1-5-7-8-9-10-11-12-13-14-21-36-69-59(66)62(41-45-26-22-25-43-23-15-16-27-49(43)45)56-40-53(61-68-4)51-38-44(24-17-19-33-63)50(28-18-20-34-64)57-52-39-48(71-47-29-31-54(67-3)46(37-47)42-65)30-32-55(52)72-60(56,58(51)57)70-35-6-2/h6,15-16,22-23,25-27,29-32,37-39,42,44,50,56-58,63-64H,2,5,7-14,17-21,24,28,33-36,40-41H2,1,3-4H3/t44-,50+,56-,57+,58+,60+/m0/s1. The van der Waals surface area contributed by atoms with Crippen molar-refractivity contribution in [2.75, 3.05) is 40.6 Å². The maximum atomic E-state index is 15.2. The van der Waals surface area contributed by atoms with Gasteiger partial charge in [-0.1, -0.05) is 137 Å². The molecule has 1 saturated carbocycles. The molecule has 2 N–H and O–H groups in total. The van der Waals surface area contributed by atoms with E-state index in [2.05, 4.69) is 43.8 Å². The number of hydrogen-bond acceptors (Lipinski definition) is 11. The number of rotatable bonds is 30. The highest BCUT2D eigenvalue weighted by atomic mass is 16.7. The fraction of sp³-hybridized carbons (Fsp3) is 0.517. The molecule has 0 bridgehead atoms. The number of hydrogen-bond donors (Lipinski definition) is 2. The lowest BCUT2D eigenvalue weighted by Gasteiger charge is -2.59. The number of carbonyl (C=O) groups is 2. The number of amides is 1. The minimum Gasteiger partial charge on any atom is -0.496 e. The zero-order valence-electron chi connectivity index (χ0n) is 42.9. The highest BCUT2D eigenvalue weighted by Crippen LogP contribution is 2.62. The predicted octanol–water partition coefficient (Wildman–Crippen LogP) is 13.3. The van der Waals surface area contributed by atoms with E-state index in [1.165, 1.54) is 52.1 Å². The van der Waals surface area contributed by atoms with E-state index in [-0.39, 0.29) is 57.1 Å². The third kappa shape index (κ3) is 12.9. The molecule has 6 atom stereocenters. The smallest absolute Gasteiger partial charge is 0.410 e. The Morgan fingerprint density at radius 2 is 1.56 bits per heavy atom. The second-order valence-electron chi connectivity index (χ2n) is 19.6. The Balaban J connectivity index is 1.34. The van der Waals surface area contributed by atoms with Crippen LogP contribution >= 0.6 is 0 Å². The zero-order valence-corrected chi connectivity index (χ0v) is 42.9. The minimum absolute atomic E-state index is 0.00797. The number of oxime groups is 1. The van der Waals surface area contributed by atoms with Gasteiger partial charge in [0.25, 0.3) is 0 Å². The average molecular weight is 987 g/mol. The summed E-state index contributed by atoms with van der Waals surface area (Å²) in [5, 5.41) is 27.0. The van der Waals surface area contributed by atoms with Crippen LogP contribution in [0.5, 0.6) is 23.0 Å². The van der Waals surface area contributed by atoms with Crippen LogP contribution in [-0.2, 0) is 20.9 Å². The lowest BCUT2D eigenvalue weighted by molar-refractivity contribution is -0.256. The van der Waals surface area contributed by atoms with Crippen molar-refractivity contribution in [3.05, 3.63) is 120 Å². The molecule has 1 amide bonds. The van der Waals surface area contributed by atoms with Crippen molar-refractivity contribution in [2.45, 2.75) is 140 Å². The Labute approximate surface area is 427 Å². The summed E-state index contributed by atoms with van der Waals surface area (Å²) in [5.74, 6) is -0.150. The molecule has 1 fully saturated rings. The van der Waals surface area contributed by atoms with Gasteiger partial charge in [0.15, 0.2) is 6.29 Å². The molecule has 72 heavy (non-hydrogen) atoms. The number of allylic oxidation sites excluding steroid dienone is 1. The van der Waals surface area contributed by atoms with Crippen LogP contribution in [0.3, 0.4) is 0 Å². The molecule has 1 heterocycles. The number of ether oxygens (including phenoxy) is 5. The number of aldehydes is 1. The molecule has 4 aromatic carbocycles. The Hall–Kier alpha value is -5.69. The highest BCUT2D eigenvalue weighted by molar-refractivity contribution is 6.03. The van der Waals surface area contributed by atoms with Gasteiger partial charge in [-0.05, 0) is 102 Å². The number of benzene rings is 4. The molecule has 0 spiro atoms. The normalized spacial score (nSPS) is 21.5. The van der Waals surface area contributed by atoms with Gasteiger partial charge in [-0.15, -0.1) is 6.58 Å². The summed E-state index contributed by atoms with van der Waals surface area (Å²) in [6.45, 7) is 7.12. The SMILES string of the molecule is C=CCO[C@@]12Oc3ccc(Oc4ccc(OC)c(C=O)c4)cc3[C@H]3[C@H](CCCCO)[C@@H](CCCCO)C=C(C(=NOC)C[C@@H]1N(Cc1cccc4ccccc14)C(=O)OCCCCCCCCCCCC)[C@H]32. The van der Waals surface area contributed by atoms with E-state index in [0.717, 1.165) is 78.7 Å². The molecule has 7 rings (SSSR count). The summed E-state index contributed by atoms with van der Waals surface area (Å²) in [7, 11) is 3.07. The monoisotopic (exact) mass is 987 g/mol. The van der Waals surface area contributed by atoms with E-state index in [9.17, 15) is 15.0 Å². The quantitative estimate of drug-likeness (QED) is 0.0224. The molecule has 12 nitrogen and oxygen atoms in total. The van der Waals surface area contributed by atoms with Gasteiger partial charge in [0.1, 0.15) is 36.1 Å². The number of unbranched alkanes of at least 4 members (excludes halogenated alkanes) is 11. The van der Waals surface area contributed by atoms with Crippen molar-refractivity contribution in [2.24, 2.45) is 22.9 Å². The number of fused-ring (bicyclic) bond motifs is 3. The largest absolute Gasteiger partial charge is 0.496 e. The maximum absolute atomic E-state index is 15.2. The third-order valence-corrected chi connectivity index (χ3v) is 15.0. The van der Waals surface area contributed by atoms with Crippen LogP contribution in [0.4, 0.5) is 4.79 Å². The minimum atomic E-state index is -1.48. The first-order valence-electron chi connectivity index (χ1n) is 26.7. The first kappa shape index (κ1) is 54.1. The van der Waals surface area contributed by atoms with Crippen LogP contribution in [0.25, 0.3) is 10.8 Å². The van der Waals surface area contributed by atoms with Crippen molar-refractivity contribution in [1.29, 1.82) is 0 Å². The van der Waals surface area contributed by atoms with Gasteiger partial charge in [-0.25, -0.2) is 4.79 Å². The first-order chi connectivity index (χ1) is 35.3. The van der Waals surface area contributed by atoms with E-state index < -0.39 is 23.8 Å². The molecular weight excluding hydrogens is 909 g/mol. The molecule has 3 aliphatic rings. The van der Waals surface area contributed by atoms with Crippen molar-refractivity contribution in [3.8, 4) is 23.0 Å². The lowest BCUT2D eigenvalue weighted by atomic mass is 9.55.